The van der Waals surface area contributed by atoms with E-state index in [2.05, 4.69) is 32.9 Å². The third-order valence-electron chi connectivity index (χ3n) is 5.14. The van der Waals surface area contributed by atoms with E-state index in [1.165, 1.54) is 11.1 Å². The van der Waals surface area contributed by atoms with E-state index in [1.807, 2.05) is 13.0 Å². The maximum Gasteiger partial charge on any atom is 0.334 e. The van der Waals surface area contributed by atoms with Gasteiger partial charge in [0.25, 0.3) is 0 Å². The highest BCUT2D eigenvalue weighted by Gasteiger charge is 2.38. The molecule has 0 aliphatic carbocycles. The van der Waals surface area contributed by atoms with Gasteiger partial charge < -0.3 is 9.84 Å². The molecule has 3 nitrogen and oxygen atoms in total. The van der Waals surface area contributed by atoms with Crippen molar-refractivity contribution in [3.63, 3.8) is 0 Å². The summed E-state index contributed by atoms with van der Waals surface area (Å²) >= 11 is 0. The normalized spacial score (nSPS) is 30.3. The largest absolute Gasteiger partial charge is 0.453 e. The molecule has 2 heterocycles. The van der Waals surface area contributed by atoms with Gasteiger partial charge in [0.2, 0.25) is 0 Å². The van der Waals surface area contributed by atoms with Gasteiger partial charge in [0.15, 0.2) is 0 Å². The molecule has 2 aliphatic rings. The molecule has 128 valence electrons. The van der Waals surface area contributed by atoms with Crippen LogP contribution < -0.4 is 0 Å². The van der Waals surface area contributed by atoms with Crippen molar-refractivity contribution in [1.82, 2.24) is 0 Å². The number of fused-ring (bicyclic) bond motifs is 3. The molecule has 0 unspecified atom stereocenters. The molecule has 0 saturated heterocycles. The topological polar surface area (TPSA) is 46.5 Å². The summed E-state index contributed by atoms with van der Waals surface area (Å²) in [6.07, 6.45) is 10.2. The first-order valence-corrected chi connectivity index (χ1v) is 8.78. The summed E-state index contributed by atoms with van der Waals surface area (Å²) in [6.45, 7) is 8.34. The first-order valence-electron chi connectivity index (χ1n) is 8.78. The third-order valence-corrected chi connectivity index (χ3v) is 5.14. The number of hydrogen-bond donors (Lipinski definition) is 1. The molecule has 0 amide bonds. The molecule has 0 fully saturated rings. The Bertz CT molecular complexity index is 539. The zero-order valence-electron chi connectivity index (χ0n) is 14.9. The van der Waals surface area contributed by atoms with E-state index in [0.717, 1.165) is 24.8 Å². The van der Waals surface area contributed by atoms with Crippen molar-refractivity contribution >= 4 is 5.97 Å². The van der Waals surface area contributed by atoms with E-state index < -0.39 is 11.7 Å². The van der Waals surface area contributed by atoms with Crippen molar-refractivity contribution in [2.24, 2.45) is 5.92 Å². The van der Waals surface area contributed by atoms with Crippen molar-refractivity contribution in [3.05, 3.63) is 34.9 Å². The Morgan fingerprint density at radius 3 is 2.70 bits per heavy atom. The Kier molecular flexibility index (Phi) is 5.85. The van der Waals surface area contributed by atoms with E-state index in [-0.39, 0.29) is 5.97 Å². The standard InChI is InChI=1S/C20H30O3/c1-14(2)16-9-7-15(3)8-12-18(21)20(4)13-5-6-17(11-10-16)19(22)23-20/h6-7,9,14,18,21H,5,8,10-13H2,1-4H3/t18-,20-/m1/s1. The number of hydrogen-bond acceptors (Lipinski definition) is 3. The number of aliphatic hydroxyl groups excluding tert-OH is 1. The maximum atomic E-state index is 12.5. The van der Waals surface area contributed by atoms with Crippen LogP contribution in [0, 0.1) is 5.92 Å². The molecule has 0 aromatic rings. The number of rotatable bonds is 1. The molecular weight excluding hydrogens is 288 g/mol. The van der Waals surface area contributed by atoms with Gasteiger partial charge in [0, 0.05) is 5.57 Å². The van der Waals surface area contributed by atoms with Crippen LogP contribution in [0.15, 0.2) is 34.9 Å². The van der Waals surface area contributed by atoms with Crippen molar-refractivity contribution in [1.29, 1.82) is 0 Å². The fraction of sp³-hybridized carbons (Fsp3) is 0.650. The number of esters is 1. The zero-order chi connectivity index (χ0) is 17.0. The first-order chi connectivity index (χ1) is 10.8. The van der Waals surface area contributed by atoms with E-state index in [0.29, 0.717) is 25.2 Å². The Hall–Kier alpha value is -1.35. The minimum Gasteiger partial charge on any atom is -0.453 e. The van der Waals surface area contributed by atoms with Gasteiger partial charge in [-0.25, -0.2) is 4.79 Å². The highest BCUT2D eigenvalue weighted by atomic mass is 16.6. The lowest BCUT2D eigenvalue weighted by atomic mass is 9.89. The summed E-state index contributed by atoms with van der Waals surface area (Å²) in [6, 6.07) is 0. The predicted molar refractivity (Wildman–Crippen MR) is 93.0 cm³/mol. The van der Waals surface area contributed by atoms with Gasteiger partial charge in [-0.1, -0.05) is 43.2 Å². The summed E-state index contributed by atoms with van der Waals surface area (Å²) in [5, 5.41) is 10.6. The monoisotopic (exact) mass is 318 g/mol. The Morgan fingerprint density at radius 2 is 2.00 bits per heavy atom. The second-order valence-corrected chi connectivity index (χ2v) is 7.43. The van der Waals surface area contributed by atoms with Crippen LogP contribution in [-0.2, 0) is 9.53 Å². The van der Waals surface area contributed by atoms with Crippen LogP contribution in [0.4, 0.5) is 0 Å². The quantitative estimate of drug-likeness (QED) is 0.725. The van der Waals surface area contributed by atoms with E-state index in [4.69, 9.17) is 4.74 Å². The van der Waals surface area contributed by atoms with E-state index >= 15 is 0 Å². The second-order valence-electron chi connectivity index (χ2n) is 7.43. The SMILES string of the molecule is CC1=CC=C(C(C)C)CCC2=CCC[C@@](C)(OC2=O)[C@H](O)CC1. The smallest absolute Gasteiger partial charge is 0.334 e. The summed E-state index contributed by atoms with van der Waals surface area (Å²) in [5.74, 6) is 0.207. The van der Waals surface area contributed by atoms with Crippen molar-refractivity contribution < 1.29 is 14.6 Å². The van der Waals surface area contributed by atoms with Crippen LogP contribution in [0.3, 0.4) is 0 Å². The summed E-state index contributed by atoms with van der Waals surface area (Å²) < 4.78 is 5.72. The molecule has 0 radical (unpaired) electrons. The van der Waals surface area contributed by atoms with Crippen LogP contribution in [0.5, 0.6) is 0 Å². The molecule has 2 bridgehead atoms. The van der Waals surface area contributed by atoms with Gasteiger partial charge in [-0.2, -0.15) is 0 Å². The predicted octanol–water partition coefficient (Wildman–Crippen LogP) is 4.47. The first kappa shape index (κ1) is 18.0. The average Bonchev–Trinajstić information content (AvgIpc) is 2.62. The minimum atomic E-state index is -0.780. The van der Waals surface area contributed by atoms with Crippen molar-refractivity contribution in [3.8, 4) is 0 Å². The zero-order valence-corrected chi connectivity index (χ0v) is 14.9. The van der Waals surface area contributed by atoms with Crippen LogP contribution in [0.25, 0.3) is 0 Å². The number of allylic oxidation sites excluding steroid dienone is 5. The lowest BCUT2D eigenvalue weighted by Crippen LogP contribution is -2.43. The van der Waals surface area contributed by atoms with E-state index in [9.17, 15) is 9.90 Å². The maximum absolute atomic E-state index is 12.5. The summed E-state index contributed by atoms with van der Waals surface area (Å²) in [4.78, 5) is 12.5. The Balaban J connectivity index is 2.32. The van der Waals surface area contributed by atoms with Gasteiger partial charge >= 0.3 is 5.97 Å². The van der Waals surface area contributed by atoms with Crippen LogP contribution in [0.2, 0.25) is 0 Å². The molecule has 0 aromatic carbocycles. The number of carbonyl (C=O) groups excluding carboxylic acids is 1. The van der Waals surface area contributed by atoms with Gasteiger partial charge in [-0.3, -0.25) is 0 Å². The fourth-order valence-electron chi connectivity index (χ4n) is 3.23. The molecular formula is C20H30O3. The highest BCUT2D eigenvalue weighted by Crippen LogP contribution is 2.32. The van der Waals surface area contributed by atoms with Gasteiger partial charge in [-0.05, 0) is 58.3 Å². The minimum absolute atomic E-state index is 0.254. The lowest BCUT2D eigenvalue weighted by molar-refractivity contribution is -0.166. The van der Waals surface area contributed by atoms with Crippen LogP contribution in [-0.4, -0.2) is 22.8 Å². The Labute approximate surface area is 140 Å². The number of ether oxygens (including phenoxy) is 1. The Morgan fingerprint density at radius 1 is 1.26 bits per heavy atom. The van der Waals surface area contributed by atoms with Crippen molar-refractivity contribution in [2.45, 2.75) is 77.9 Å². The second kappa shape index (κ2) is 7.48. The number of aliphatic hydroxyl groups is 1. The summed E-state index contributed by atoms with van der Waals surface area (Å²) in [7, 11) is 0. The molecule has 0 saturated carbocycles. The number of carbonyl (C=O) groups is 1. The van der Waals surface area contributed by atoms with Gasteiger partial charge in [0.1, 0.15) is 5.60 Å². The summed E-state index contributed by atoms with van der Waals surface area (Å²) in [5.41, 5.74) is 2.58. The molecule has 23 heavy (non-hydrogen) atoms. The molecule has 2 aliphatic heterocycles. The van der Waals surface area contributed by atoms with Crippen LogP contribution in [0.1, 0.15) is 66.2 Å². The third kappa shape index (κ3) is 4.57. The fourth-order valence-corrected chi connectivity index (χ4v) is 3.23. The van der Waals surface area contributed by atoms with Crippen LogP contribution >= 0.6 is 0 Å². The lowest BCUT2D eigenvalue weighted by Gasteiger charge is -2.33. The molecule has 2 atom stereocenters. The average molecular weight is 318 g/mol. The highest BCUT2D eigenvalue weighted by molar-refractivity contribution is 5.89. The van der Waals surface area contributed by atoms with E-state index in [1.54, 1.807) is 0 Å². The molecule has 0 aromatic heterocycles. The molecule has 1 N–H and O–H groups in total. The molecule has 3 heteroatoms. The van der Waals surface area contributed by atoms with Crippen molar-refractivity contribution in [2.75, 3.05) is 0 Å². The molecule has 0 spiro atoms. The van der Waals surface area contributed by atoms with Gasteiger partial charge in [0.05, 0.1) is 6.10 Å². The van der Waals surface area contributed by atoms with Gasteiger partial charge in [-0.15, -0.1) is 0 Å². The molecule has 2 rings (SSSR count).